The van der Waals surface area contributed by atoms with Gasteiger partial charge in [0.2, 0.25) is 0 Å². The van der Waals surface area contributed by atoms with Crippen LogP contribution in [0.4, 0.5) is 13.2 Å². The zero-order valence-electron chi connectivity index (χ0n) is 8.58. The Bertz CT molecular complexity index is 348. The zero-order chi connectivity index (χ0) is 12.4. The van der Waals surface area contributed by atoms with E-state index in [1.807, 2.05) is 0 Å². The average Bonchev–Trinajstić information content (AvgIpc) is 2.17. The molecule has 0 amide bonds. The molecule has 1 aromatic heterocycles. The summed E-state index contributed by atoms with van der Waals surface area (Å²) in [5, 5.41) is 9.28. The fraction of sp³-hybridized carbons (Fsp3) is 0.444. The molecule has 0 aliphatic heterocycles. The predicted molar refractivity (Wildman–Crippen MR) is 47.5 cm³/mol. The molecule has 16 heavy (non-hydrogen) atoms. The lowest BCUT2D eigenvalue weighted by Gasteiger charge is -2.25. The first-order chi connectivity index (χ1) is 7.29. The highest BCUT2D eigenvalue weighted by molar-refractivity contribution is 5.23. The van der Waals surface area contributed by atoms with Gasteiger partial charge in [0.25, 0.3) is 0 Å². The number of aromatic nitrogens is 1. The van der Waals surface area contributed by atoms with Gasteiger partial charge in [-0.2, -0.15) is 18.1 Å². The summed E-state index contributed by atoms with van der Waals surface area (Å²) in [5.41, 5.74) is -3.50. The van der Waals surface area contributed by atoms with Gasteiger partial charge in [0.05, 0.1) is 19.0 Å². The Hall–Kier alpha value is -1.34. The van der Waals surface area contributed by atoms with Crippen LogP contribution < -0.4 is 4.89 Å². The minimum Gasteiger partial charge on any atom is -0.375 e. The van der Waals surface area contributed by atoms with E-state index in [0.29, 0.717) is 6.92 Å². The largest absolute Gasteiger partial charge is 0.422 e. The van der Waals surface area contributed by atoms with E-state index in [2.05, 4.69) is 14.8 Å². The van der Waals surface area contributed by atoms with Crippen molar-refractivity contribution in [3.63, 3.8) is 0 Å². The molecular formula is C9H10F3NO3. The van der Waals surface area contributed by atoms with Gasteiger partial charge in [0.1, 0.15) is 0 Å². The lowest BCUT2D eigenvalue weighted by Crippen LogP contribution is -2.39. The third kappa shape index (κ3) is 2.42. The van der Waals surface area contributed by atoms with Crippen LogP contribution in [0.15, 0.2) is 18.3 Å². The van der Waals surface area contributed by atoms with E-state index >= 15 is 0 Å². The van der Waals surface area contributed by atoms with Gasteiger partial charge in [0, 0.05) is 0 Å². The predicted octanol–water partition coefficient (Wildman–Crippen LogP) is 1.79. The topological polar surface area (TPSA) is 51.6 Å². The molecule has 0 aliphatic carbocycles. The smallest absolute Gasteiger partial charge is 0.375 e. The van der Waals surface area contributed by atoms with Crippen LogP contribution in [0.25, 0.3) is 0 Å². The Kier molecular flexibility index (Phi) is 3.39. The molecule has 0 saturated heterocycles. The monoisotopic (exact) mass is 237 g/mol. The number of pyridine rings is 1. The molecule has 1 atom stereocenters. The molecule has 0 radical (unpaired) electrons. The molecule has 7 heteroatoms. The molecule has 90 valence electrons. The Morgan fingerprint density at radius 1 is 1.31 bits per heavy atom. The van der Waals surface area contributed by atoms with Gasteiger partial charge in [-0.1, -0.05) is 0 Å². The van der Waals surface area contributed by atoms with E-state index in [0.717, 1.165) is 12.3 Å². The molecule has 1 rings (SSSR count). The van der Waals surface area contributed by atoms with E-state index in [1.165, 1.54) is 13.2 Å². The van der Waals surface area contributed by atoms with Crippen LogP contribution in [0.1, 0.15) is 12.6 Å². The van der Waals surface area contributed by atoms with Crippen LogP contribution in [0.3, 0.4) is 0 Å². The number of hydrogen-bond acceptors (Lipinski definition) is 4. The third-order valence-corrected chi connectivity index (χ3v) is 1.97. The van der Waals surface area contributed by atoms with E-state index < -0.39 is 17.5 Å². The van der Waals surface area contributed by atoms with Gasteiger partial charge in [-0.25, -0.2) is 0 Å². The van der Waals surface area contributed by atoms with Gasteiger partial charge in [-0.05, 0) is 19.1 Å². The Labute approximate surface area is 89.6 Å². The van der Waals surface area contributed by atoms with Crippen molar-refractivity contribution >= 4 is 0 Å². The number of aliphatic hydroxyl groups is 1. The number of nitrogens with zero attached hydrogens (tertiary/aromatic N) is 1. The van der Waals surface area contributed by atoms with Crippen LogP contribution in [0, 0.1) is 0 Å². The minimum atomic E-state index is -4.79. The van der Waals surface area contributed by atoms with Gasteiger partial charge in [-0.15, -0.1) is 0 Å². The highest BCUT2D eigenvalue weighted by atomic mass is 19.4. The molecule has 0 spiro atoms. The summed E-state index contributed by atoms with van der Waals surface area (Å²) in [6.45, 7) is 0.631. The molecule has 1 N–H and O–H groups in total. The fourth-order valence-electron chi connectivity index (χ4n) is 0.959. The maximum Gasteiger partial charge on any atom is 0.422 e. The quantitative estimate of drug-likeness (QED) is 0.643. The number of alkyl halides is 3. The Balaban J connectivity index is 2.97. The van der Waals surface area contributed by atoms with Crippen molar-refractivity contribution in [2.75, 3.05) is 7.11 Å². The van der Waals surface area contributed by atoms with Crippen molar-refractivity contribution in [1.29, 1.82) is 0 Å². The fourth-order valence-corrected chi connectivity index (χ4v) is 0.959. The first-order valence-electron chi connectivity index (χ1n) is 4.25. The van der Waals surface area contributed by atoms with Crippen LogP contribution >= 0.6 is 0 Å². The standard InChI is InChI=1S/C9H10F3NO3/c1-8(14,9(10,11)12)7-4-3-6(5-13-7)16-15-2/h3-5,14H,1-2H3. The lowest BCUT2D eigenvalue weighted by atomic mass is 10.0. The summed E-state index contributed by atoms with van der Waals surface area (Å²) in [4.78, 5) is 12.3. The molecule has 0 bridgehead atoms. The van der Waals surface area contributed by atoms with Crippen LogP contribution in [0.2, 0.25) is 0 Å². The van der Waals surface area contributed by atoms with E-state index in [9.17, 15) is 18.3 Å². The van der Waals surface area contributed by atoms with Gasteiger partial charge in [-0.3, -0.25) is 4.98 Å². The summed E-state index contributed by atoms with van der Waals surface area (Å²) < 4.78 is 37.3. The molecule has 0 aliphatic rings. The van der Waals surface area contributed by atoms with Gasteiger partial charge in [0.15, 0.2) is 11.4 Å². The van der Waals surface area contributed by atoms with Crippen molar-refractivity contribution in [2.24, 2.45) is 0 Å². The first kappa shape index (κ1) is 12.7. The molecule has 1 unspecified atom stereocenters. The van der Waals surface area contributed by atoms with Crippen molar-refractivity contribution in [3.8, 4) is 5.75 Å². The van der Waals surface area contributed by atoms with Crippen LogP contribution in [-0.2, 0) is 10.5 Å². The van der Waals surface area contributed by atoms with Gasteiger partial charge < -0.3 is 9.99 Å². The number of hydrogen-bond donors (Lipinski definition) is 1. The maximum atomic E-state index is 12.4. The van der Waals surface area contributed by atoms with Crippen molar-refractivity contribution < 1.29 is 28.1 Å². The zero-order valence-corrected chi connectivity index (χ0v) is 8.58. The third-order valence-electron chi connectivity index (χ3n) is 1.97. The summed E-state index contributed by atoms with van der Waals surface area (Å²) >= 11 is 0. The summed E-state index contributed by atoms with van der Waals surface area (Å²) in [7, 11) is 1.25. The molecule has 1 aromatic rings. The second-order valence-electron chi connectivity index (χ2n) is 3.20. The molecule has 0 aromatic carbocycles. The second kappa shape index (κ2) is 4.26. The molecule has 0 fully saturated rings. The number of rotatable bonds is 3. The Morgan fingerprint density at radius 2 is 1.94 bits per heavy atom. The molecule has 0 saturated carbocycles. The SMILES string of the molecule is COOc1ccc(C(C)(O)C(F)(F)F)nc1. The second-order valence-corrected chi connectivity index (χ2v) is 3.20. The summed E-state index contributed by atoms with van der Waals surface area (Å²) in [6, 6.07) is 2.23. The van der Waals surface area contributed by atoms with Crippen LogP contribution in [-0.4, -0.2) is 23.4 Å². The van der Waals surface area contributed by atoms with Gasteiger partial charge >= 0.3 is 6.18 Å². The molecule has 4 nitrogen and oxygen atoms in total. The lowest BCUT2D eigenvalue weighted by molar-refractivity contribution is -0.260. The van der Waals surface area contributed by atoms with E-state index in [4.69, 9.17) is 0 Å². The Morgan fingerprint density at radius 3 is 2.31 bits per heavy atom. The first-order valence-corrected chi connectivity index (χ1v) is 4.25. The maximum absolute atomic E-state index is 12.4. The minimum absolute atomic E-state index is 0.143. The van der Waals surface area contributed by atoms with Crippen molar-refractivity contribution in [1.82, 2.24) is 4.98 Å². The normalized spacial score (nSPS) is 15.6. The number of halogens is 3. The molecular weight excluding hydrogens is 227 g/mol. The molecule has 1 heterocycles. The van der Waals surface area contributed by atoms with Crippen LogP contribution in [0.5, 0.6) is 5.75 Å². The van der Waals surface area contributed by atoms with E-state index in [-0.39, 0.29) is 5.75 Å². The van der Waals surface area contributed by atoms with Crippen molar-refractivity contribution in [2.45, 2.75) is 18.7 Å². The highest BCUT2D eigenvalue weighted by Gasteiger charge is 2.52. The summed E-state index contributed by atoms with van der Waals surface area (Å²) in [5.74, 6) is 0.143. The van der Waals surface area contributed by atoms with Crippen molar-refractivity contribution in [3.05, 3.63) is 24.0 Å². The highest BCUT2D eigenvalue weighted by Crippen LogP contribution is 2.37. The average molecular weight is 237 g/mol. The summed E-state index contributed by atoms with van der Waals surface area (Å²) in [6.07, 6.45) is -3.76. The van der Waals surface area contributed by atoms with E-state index in [1.54, 1.807) is 0 Å².